The van der Waals surface area contributed by atoms with E-state index in [9.17, 15) is 4.79 Å². The number of nitrogens with zero attached hydrogens (tertiary/aromatic N) is 1. The zero-order chi connectivity index (χ0) is 18.2. The Labute approximate surface area is 173 Å². The molecular formula is C18H31Cl2N3O4. The fourth-order valence-electron chi connectivity index (χ4n) is 3.01. The molecule has 2 unspecified atom stereocenters. The molecule has 1 aliphatic rings. The lowest BCUT2D eigenvalue weighted by Crippen LogP contribution is -2.35. The van der Waals surface area contributed by atoms with Gasteiger partial charge in [-0.2, -0.15) is 0 Å². The number of carbonyl (C=O) groups is 1. The molecule has 1 saturated heterocycles. The molecule has 0 aromatic heterocycles. The van der Waals surface area contributed by atoms with E-state index in [4.69, 9.17) is 19.9 Å². The number of ether oxygens (including phenoxy) is 3. The van der Waals surface area contributed by atoms with E-state index < -0.39 is 0 Å². The van der Waals surface area contributed by atoms with Crippen molar-refractivity contribution in [1.82, 2.24) is 5.32 Å². The van der Waals surface area contributed by atoms with E-state index in [1.807, 2.05) is 18.2 Å². The minimum atomic E-state index is -0.218. The first-order valence-corrected chi connectivity index (χ1v) is 8.57. The number of nitrogens with one attached hydrogen (secondary N) is 1. The topological polar surface area (TPSA) is 86.1 Å². The number of anilines is 1. The number of benzene rings is 1. The predicted molar refractivity (Wildman–Crippen MR) is 112 cm³/mol. The number of methoxy groups -OCH3 is 3. The summed E-state index contributed by atoms with van der Waals surface area (Å²) >= 11 is 0. The number of carbonyl (C=O) groups excluding carboxylic acids is 1. The van der Waals surface area contributed by atoms with Crippen molar-refractivity contribution in [3.05, 3.63) is 18.2 Å². The van der Waals surface area contributed by atoms with Gasteiger partial charge in [-0.25, -0.2) is 0 Å². The normalized spacial score (nSPS) is 16.7. The molecule has 1 aromatic rings. The SMILES string of the molecule is COc1cc(OC)cc(N2CCC(CNC(=O)CC(CN)OC)C2)c1.Cl.Cl. The van der Waals surface area contributed by atoms with Gasteiger partial charge >= 0.3 is 0 Å². The van der Waals surface area contributed by atoms with E-state index in [0.717, 1.165) is 36.7 Å². The van der Waals surface area contributed by atoms with Gasteiger partial charge in [-0.15, -0.1) is 24.8 Å². The summed E-state index contributed by atoms with van der Waals surface area (Å²) in [4.78, 5) is 14.2. The molecule has 1 heterocycles. The molecule has 1 aliphatic heterocycles. The highest BCUT2D eigenvalue weighted by Crippen LogP contribution is 2.31. The lowest BCUT2D eigenvalue weighted by atomic mass is 10.1. The summed E-state index contributed by atoms with van der Waals surface area (Å²) < 4.78 is 15.8. The van der Waals surface area contributed by atoms with Crippen LogP contribution < -0.4 is 25.4 Å². The Balaban J connectivity index is 0.00000338. The third-order valence-corrected chi connectivity index (χ3v) is 4.58. The molecule has 0 bridgehead atoms. The zero-order valence-corrected chi connectivity index (χ0v) is 17.7. The third-order valence-electron chi connectivity index (χ3n) is 4.58. The van der Waals surface area contributed by atoms with Gasteiger partial charge in [0.2, 0.25) is 5.91 Å². The molecule has 1 aromatic carbocycles. The van der Waals surface area contributed by atoms with Crippen molar-refractivity contribution >= 4 is 36.4 Å². The molecule has 0 radical (unpaired) electrons. The Hall–Kier alpha value is -1.41. The van der Waals surface area contributed by atoms with Gasteiger partial charge < -0.3 is 30.2 Å². The first kappa shape index (κ1) is 25.6. The van der Waals surface area contributed by atoms with Gasteiger partial charge in [-0.3, -0.25) is 4.79 Å². The molecule has 0 saturated carbocycles. The van der Waals surface area contributed by atoms with Crippen molar-refractivity contribution in [2.75, 3.05) is 52.4 Å². The van der Waals surface area contributed by atoms with Crippen LogP contribution in [0, 0.1) is 5.92 Å². The highest BCUT2D eigenvalue weighted by Gasteiger charge is 2.24. The van der Waals surface area contributed by atoms with Gasteiger partial charge in [0, 0.05) is 57.2 Å². The van der Waals surface area contributed by atoms with Gasteiger partial charge in [0.25, 0.3) is 0 Å². The molecule has 2 atom stereocenters. The summed E-state index contributed by atoms with van der Waals surface area (Å²) in [6, 6.07) is 5.88. The van der Waals surface area contributed by atoms with Crippen LogP contribution in [0.4, 0.5) is 5.69 Å². The second-order valence-corrected chi connectivity index (χ2v) is 6.27. The number of nitrogens with two attached hydrogens (primary N) is 1. The van der Waals surface area contributed by atoms with Gasteiger partial charge in [0.05, 0.1) is 26.7 Å². The van der Waals surface area contributed by atoms with E-state index in [1.165, 1.54) is 0 Å². The lowest BCUT2D eigenvalue weighted by molar-refractivity contribution is -0.123. The summed E-state index contributed by atoms with van der Waals surface area (Å²) in [6.07, 6.45) is 1.12. The van der Waals surface area contributed by atoms with Crippen molar-refractivity contribution in [2.24, 2.45) is 11.7 Å². The van der Waals surface area contributed by atoms with Gasteiger partial charge in [0.15, 0.2) is 0 Å². The van der Waals surface area contributed by atoms with Crippen LogP contribution in [0.5, 0.6) is 11.5 Å². The molecule has 3 N–H and O–H groups in total. The molecule has 2 rings (SSSR count). The van der Waals surface area contributed by atoms with Crippen molar-refractivity contribution < 1.29 is 19.0 Å². The number of amides is 1. The standard InChI is InChI=1S/C18H29N3O4.2ClH/c1-23-15-6-14(7-16(8-15)24-2)21-5-4-13(12-21)11-20-18(22)9-17(10-19)25-3;;/h6-8,13,17H,4-5,9-12,19H2,1-3H3,(H,20,22);2*1H. The van der Waals surface area contributed by atoms with Crippen LogP contribution >= 0.6 is 24.8 Å². The second kappa shape index (κ2) is 12.9. The summed E-state index contributed by atoms with van der Waals surface area (Å²) in [7, 11) is 4.87. The molecule has 0 spiro atoms. The summed E-state index contributed by atoms with van der Waals surface area (Å²) in [6.45, 7) is 2.85. The number of rotatable bonds is 9. The predicted octanol–water partition coefficient (Wildman–Crippen LogP) is 1.85. The number of hydrogen-bond donors (Lipinski definition) is 2. The molecule has 27 heavy (non-hydrogen) atoms. The Bertz CT molecular complexity index is 551. The monoisotopic (exact) mass is 423 g/mol. The maximum atomic E-state index is 12.0. The Morgan fingerprint density at radius 2 is 1.85 bits per heavy atom. The van der Waals surface area contributed by atoms with Crippen molar-refractivity contribution in [1.29, 1.82) is 0 Å². The fraction of sp³-hybridized carbons (Fsp3) is 0.611. The minimum absolute atomic E-state index is 0. The molecule has 0 aliphatic carbocycles. The van der Waals surface area contributed by atoms with Crippen molar-refractivity contribution in [3.63, 3.8) is 0 Å². The first-order chi connectivity index (χ1) is 12.1. The average molecular weight is 424 g/mol. The Morgan fingerprint density at radius 1 is 1.22 bits per heavy atom. The molecule has 7 nitrogen and oxygen atoms in total. The molecular weight excluding hydrogens is 393 g/mol. The van der Waals surface area contributed by atoms with Crippen LogP contribution in [-0.2, 0) is 9.53 Å². The van der Waals surface area contributed by atoms with Crippen LogP contribution in [0.3, 0.4) is 0 Å². The van der Waals surface area contributed by atoms with Crippen LogP contribution in [-0.4, -0.2) is 59.5 Å². The van der Waals surface area contributed by atoms with Gasteiger partial charge in [0.1, 0.15) is 11.5 Å². The van der Waals surface area contributed by atoms with Crippen LogP contribution in [0.1, 0.15) is 12.8 Å². The molecule has 1 fully saturated rings. The van der Waals surface area contributed by atoms with Gasteiger partial charge in [-0.05, 0) is 12.3 Å². The van der Waals surface area contributed by atoms with E-state index in [0.29, 0.717) is 25.4 Å². The van der Waals surface area contributed by atoms with Gasteiger partial charge in [-0.1, -0.05) is 0 Å². The highest BCUT2D eigenvalue weighted by molar-refractivity contribution is 5.85. The van der Waals surface area contributed by atoms with Crippen molar-refractivity contribution in [2.45, 2.75) is 18.9 Å². The fourth-order valence-corrected chi connectivity index (χ4v) is 3.01. The van der Waals surface area contributed by atoms with E-state index in [-0.39, 0.29) is 36.8 Å². The largest absolute Gasteiger partial charge is 0.497 e. The maximum Gasteiger partial charge on any atom is 0.222 e. The zero-order valence-electron chi connectivity index (χ0n) is 16.1. The van der Waals surface area contributed by atoms with Crippen molar-refractivity contribution in [3.8, 4) is 11.5 Å². The quantitative estimate of drug-likeness (QED) is 0.630. The highest BCUT2D eigenvalue weighted by atomic mass is 35.5. The lowest BCUT2D eigenvalue weighted by Gasteiger charge is -2.20. The maximum absolute atomic E-state index is 12.0. The number of halogens is 2. The van der Waals surface area contributed by atoms with Crippen LogP contribution in [0.2, 0.25) is 0 Å². The summed E-state index contributed by atoms with van der Waals surface area (Å²) in [5.74, 6) is 1.95. The third kappa shape index (κ3) is 7.62. The van der Waals surface area contributed by atoms with Crippen LogP contribution in [0.25, 0.3) is 0 Å². The van der Waals surface area contributed by atoms with E-state index in [1.54, 1.807) is 21.3 Å². The van der Waals surface area contributed by atoms with E-state index in [2.05, 4.69) is 10.2 Å². The molecule has 1 amide bonds. The summed E-state index contributed by atoms with van der Waals surface area (Å²) in [5, 5.41) is 2.99. The smallest absolute Gasteiger partial charge is 0.222 e. The Kier molecular flexibility index (Phi) is 12.2. The molecule has 9 heteroatoms. The second-order valence-electron chi connectivity index (χ2n) is 6.27. The summed E-state index contributed by atoms with van der Waals surface area (Å²) in [5.41, 5.74) is 6.62. The molecule has 156 valence electrons. The Morgan fingerprint density at radius 3 is 2.37 bits per heavy atom. The minimum Gasteiger partial charge on any atom is -0.497 e. The van der Waals surface area contributed by atoms with E-state index >= 15 is 0 Å². The number of hydrogen-bond acceptors (Lipinski definition) is 6. The van der Waals surface area contributed by atoms with Crippen LogP contribution in [0.15, 0.2) is 18.2 Å². The average Bonchev–Trinajstić information content (AvgIpc) is 3.13. The first-order valence-electron chi connectivity index (χ1n) is 8.57.